The fourth-order valence-electron chi connectivity index (χ4n) is 5.15. The smallest absolute Gasteiger partial charge is 0.423 e. The lowest BCUT2D eigenvalue weighted by molar-refractivity contribution is 0.426. The summed E-state index contributed by atoms with van der Waals surface area (Å²) in [5.41, 5.74) is 6.09. The zero-order valence-corrected chi connectivity index (χ0v) is 21.4. The summed E-state index contributed by atoms with van der Waals surface area (Å²) in [6.45, 7) is 0. The van der Waals surface area contributed by atoms with Gasteiger partial charge in [-0.2, -0.15) is 0 Å². The highest BCUT2D eigenvalue weighted by Gasteiger charge is 2.18. The molecule has 6 nitrogen and oxygen atoms in total. The lowest BCUT2D eigenvalue weighted by Gasteiger charge is -2.11. The van der Waals surface area contributed by atoms with Gasteiger partial charge in [0.25, 0.3) is 0 Å². The van der Waals surface area contributed by atoms with E-state index in [0.29, 0.717) is 22.9 Å². The molecule has 0 atom stereocenters. The first kappa shape index (κ1) is 24.0. The Hall–Kier alpha value is -5.11. The van der Waals surface area contributed by atoms with Crippen molar-refractivity contribution < 1.29 is 10.0 Å². The van der Waals surface area contributed by atoms with Crippen molar-refractivity contribution in [3.8, 4) is 39.9 Å². The third-order valence-electron chi connectivity index (χ3n) is 7.06. The molecule has 7 aromatic rings. The SMILES string of the molecule is OB(O)c1ccc2c(c1)c1ccccc1n2-c1cccc(-c2nc(-c3ccccc3)nc(-c3ccccc3)n2)c1. The highest BCUT2D eigenvalue weighted by molar-refractivity contribution is 6.59. The molecular weight excluding hydrogens is 495 g/mol. The van der Waals surface area contributed by atoms with Crippen molar-refractivity contribution in [3.63, 3.8) is 0 Å². The van der Waals surface area contributed by atoms with Gasteiger partial charge in [0.1, 0.15) is 0 Å². The monoisotopic (exact) mass is 518 g/mol. The van der Waals surface area contributed by atoms with E-state index in [1.807, 2.05) is 97.1 Å². The van der Waals surface area contributed by atoms with Gasteiger partial charge in [-0.05, 0) is 29.7 Å². The Kier molecular flexibility index (Phi) is 5.93. The maximum atomic E-state index is 9.78. The first-order valence-corrected chi connectivity index (χ1v) is 13.0. The molecule has 0 saturated heterocycles. The maximum Gasteiger partial charge on any atom is 0.488 e. The predicted molar refractivity (Wildman–Crippen MR) is 160 cm³/mol. The molecule has 7 rings (SSSR count). The van der Waals surface area contributed by atoms with Crippen molar-refractivity contribution in [1.82, 2.24) is 19.5 Å². The summed E-state index contributed by atoms with van der Waals surface area (Å²) >= 11 is 0. The molecule has 2 aromatic heterocycles. The topological polar surface area (TPSA) is 84.1 Å². The summed E-state index contributed by atoms with van der Waals surface area (Å²) in [5.74, 6) is 1.81. The Balaban J connectivity index is 1.43. The molecule has 2 N–H and O–H groups in total. The molecule has 0 unspecified atom stereocenters. The van der Waals surface area contributed by atoms with Crippen LogP contribution in [0.25, 0.3) is 61.7 Å². The predicted octanol–water partition coefficient (Wildman–Crippen LogP) is 5.65. The molecular formula is C33H23BN4O2. The molecule has 7 heteroatoms. The van der Waals surface area contributed by atoms with E-state index < -0.39 is 7.12 Å². The molecule has 0 aliphatic heterocycles. The number of aromatic nitrogens is 4. The molecule has 0 aliphatic rings. The maximum absolute atomic E-state index is 9.78. The van der Waals surface area contributed by atoms with Crippen LogP contribution in [0.4, 0.5) is 0 Å². The van der Waals surface area contributed by atoms with Crippen LogP contribution in [-0.4, -0.2) is 36.7 Å². The standard InChI is InChI=1S/C33H23BN4O2/c39-34(40)25-18-19-30-28(21-25)27-16-7-8-17-29(27)38(30)26-15-9-14-24(20-26)33-36-31(22-10-3-1-4-11-22)35-32(37-33)23-12-5-2-6-13-23/h1-21,39-40H. The number of nitrogens with zero attached hydrogens (tertiary/aromatic N) is 4. The van der Waals surface area contributed by atoms with Crippen LogP contribution in [0.3, 0.4) is 0 Å². The minimum atomic E-state index is -1.53. The van der Waals surface area contributed by atoms with E-state index in [4.69, 9.17) is 15.0 Å². The number of hydrogen-bond donors (Lipinski definition) is 2. The number of fused-ring (bicyclic) bond motifs is 3. The number of para-hydroxylation sites is 1. The summed E-state index contributed by atoms with van der Waals surface area (Å²) in [5, 5.41) is 21.5. The average Bonchev–Trinajstić information content (AvgIpc) is 3.35. The Labute approximate surface area is 231 Å². The molecule has 0 aliphatic carbocycles. The van der Waals surface area contributed by atoms with Crippen molar-refractivity contribution in [2.75, 3.05) is 0 Å². The second kappa shape index (κ2) is 9.89. The molecule has 2 heterocycles. The minimum Gasteiger partial charge on any atom is -0.423 e. The molecule has 0 saturated carbocycles. The van der Waals surface area contributed by atoms with Crippen LogP contribution < -0.4 is 5.46 Å². The molecule has 0 spiro atoms. The van der Waals surface area contributed by atoms with Crippen molar-refractivity contribution in [1.29, 1.82) is 0 Å². The molecule has 190 valence electrons. The lowest BCUT2D eigenvalue weighted by atomic mass is 9.80. The summed E-state index contributed by atoms with van der Waals surface area (Å²) in [7, 11) is -1.53. The van der Waals surface area contributed by atoms with E-state index >= 15 is 0 Å². The van der Waals surface area contributed by atoms with Crippen molar-refractivity contribution in [2.24, 2.45) is 0 Å². The Morgan fingerprint density at radius 3 is 1.68 bits per heavy atom. The zero-order chi connectivity index (χ0) is 27.1. The number of hydrogen-bond acceptors (Lipinski definition) is 5. The second-order valence-electron chi connectivity index (χ2n) is 9.59. The first-order chi connectivity index (χ1) is 19.7. The van der Waals surface area contributed by atoms with Crippen LogP contribution in [0.15, 0.2) is 127 Å². The Morgan fingerprint density at radius 2 is 1.02 bits per heavy atom. The van der Waals surface area contributed by atoms with Crippen molar-refractivity contribution in [2.45, 2.75) is 0 Å². The quantitative estimate of drug-likeness (QED) is 0.288. The van der Waals surface area contributed by atoms with Gasteiger partial charge in [0.2, 0.25) is 0 Å². The van der Waals surface area contributed by atoms with Gasteiger partial charge in [0.05, 0.1) is 11.0 Å². The normalized spacial score (nSPS) is 11.2. The van der Waals surface area contributed by atoms with Gasteiger partial charge >= 0.3 is 7.12 Å². The molecule has 0 radical (unpaired) electrons. The zero-order valence-electron chi connectivity index (χ0n) is 21.4. The Bertz CT molecular complexity index is 1930. The van der Waals surface area contributed by atoms with Crippen LogP contribution in [0.5, 0.6) is 0 Å². The fourth-order valence-corrected chi connectivity index (χ4v) is 5.15. The van der Waals surface area contributed by atoms with Crippen LogP contribution in [0, 0.1) is 0 Å². The lowest BCUT2D eigenvalue weighted by Crippen LogP contribution is -2.29. The third kappa shape index (κ3) is 4.23. The van der Waals surface area contributed by atoms with Crippen molar-refractivity contribution in [3.05, 3.63) is 127 Å². The van der Waals surface area contributed by atoms with Gasteiger partial charge in [-0.1, -0.05) is 103 Å². The summed E-state index contributed by atoms with van der Waals surface area (Å²) in [6, 6.07) is 41.7. The third-order valence-corrected chi connectivity index (χ3v) is 7.06. The van der Waals surface area contributed by atoms with E-state index in [1.165, 1.54) is 0 Å². The summed E-state index contributed by atoms with van der Waals surface area (Å²) in [6.07, 6.45) is 0. The molecule has 0 bridgehead atoms. The van der Waals surface area contributed by atoms with E-state index in [-0.39, 0.29) is 0 Å². The first-order valence-electron chi connectivity index (χ1n) is 13.0. The van der Waals surface area contributed by atoms with Gasteiger partial charge < -0.3 is 14.6 Å². The number of benzene rings is 5. The molecule has 0 amide bonds. The highest BCUT2D eigenvalue weighted by atomic mass is 16.4. The van der Waals surface area contributed by atoms with Gasteiger partial charge in [-0.25, -0.2) is 15.0 Å². The molecule has 0 fully saturated rings. The van der Waals surface area contributed by atoms with E-state index in [2.05, 4.69) is 28.8 Å². The van der Waals surface area contributed by atoms with Gasteiger partial charge in [0.15, 0.2) is 17.5 Å². The van der Waals surface area contributed by atoms with E-state index in [0.717, 1.165) is 44.2 Å². The van der Waals surface area contributed by atoms with E-state index in [9.17, 15) is 10.0 Å². The largest absolute Gasteiger partial charge is 0.488 e. The fraction of sp³-hybridized carbons (Fsp3) is 0. The van der Waals surface area contributed by atoms with Gasteiger partial charge in [-0.3, -0.25) is 0 Å². The van der Waals surface area contributed by atoms with Crippen LogP contribution in [-0.2, 0) is 0 Å². The minimum absolute atomic E-state index is 0.455. The average molecular weight is 518 g/mol. The summed E-state index contributed by atoms with van der Waals surface area (Å²) < 4.78 is 2.18. The van der Waals surface area contributed by atoms with Crippen molar-refractivity contribution >= 4 is 34.4 Å². The Morgan fingerprint density at radius 1 is 0.475 bits per heavy atom. The number of rotatable bonds is 5. The second-order valence-corrected chi connectivity index (χ2v) is 9.59. The summed E-state index contributed by atoms with van der Waals surface area (Å²) in [4.78, 5) is 14.6. The van der Waals surface area contributed by atoms with Gasteiger partial charge in [0, 0.05) is 33.2 Å². The van der Waals surface area contributed by atoms with Crippen LogP contribution in [0.1, 0.15) is 0 Å². The molecule has 5 aromatic carbocycles. The van der Waals surface area contributed by atoms with Crippen LogP contribution in [0.2, 0.25) is 0 Å². The molecule has 40 heavy (non-hydrogen) atoms. The van der Waals surface area contributed by atoms with Gasteiger partial charge in [-0.15, -0.1) is 0 Å². The van der Waals surface area contributed by atoms with E-state index in [1.54, 1.807) is 6.07 Å². The highest BCUT2D eigenvalue weighted by Crippen LogP contribution is 2.33. The van der Waals surface area contributed by atoms with Crippen LogP contribution >= 0.6 is 0 Å².